The number of halogens is 1. The minimum atomic E-state index is -3.83. The van der Waals surface area contributed by atoms with Crippen LogP contribution in [0.3, 0.4) is 0 Å². The van der Waals surface area contributed by atoms with Crippen LogP contribution in [-0.4, -0.2) is 31.1 Å². The molecule has 9 heteroatoms. The number of anilines is 1. The zero-order valence-electron chi connectivity index (χ0n) is 17.8. The number of carbonyl (C=O) groups is 2. The van der Waals surface area contributed by atoms with E-state index in [0.29, 0.717) is 13.0 Å². The van der Waals surface area contributed by atoms with Gasteiger partial charge in [0, 0.05) is 35.5 Å². The summed E-state index contributed by atoms with van der Waals surface area (Å²) in [4.78, 5) is 24.2. The van der Waals surface area contributed by atoms with E-state index in [4.69, 9.17) is 5.73 Å². The number of primary amides is 1. The zero-order chi connectivity index (χ0) is 23.8. The molecule has 0 unspecified atom stereocenters. The molecule has 2 amide bonds. The van der Waals surface area contributed by atoms with Gasteiger partial charge in [-0.3, -0.25) is 9.59 Å². The number of hydrogen-bond acceptors (Lipinski definition) is 4. The standard InChI is InChI=1S/C24H22FN3O4S/c1-15-21(25)12-19(23(26)29)13-22(15)27-24(30)17-7-4-8-20(11-17)33(31,32)28-10-9-16-5-2-3-6-18(16)14-28/h2-8,11-13H,9-10,14H2,1H3,(H2,26,29)(H,27,30). The molecule has 0 aromatic heterocycles. The fourth-order valence-electron chi connectivity index (χ4n) is 3.77. The molecule has 3 aromatic carbocycles. The molecule has 7 nitrogen and oxygen atoms in total. The minimum Gasteiger partial charge on any atom is -0.366 e. The van der Waals surface area contributed by atoms with Crippen molar-refractivity contribution in [3.05, 3.63) is 94.3 Å². The van der Waals surface area contributed by atoms with Crippen molar-refractivity contribution >= 4 is 27.5 Å². The average Bonchev–Trinajstić information content (AvgIpc) is 2.81. The monoisotopic (exact) mass is 467 g/mol. The summed E-state index contributed by atoms with van der Waals surface area (Å²) in [6.07, 6.45) is 0.608. The summed E-state index contributed by atoms with van der Waals surface area (Å²) in [5, 5.41) is 2.54. The van der Waals surface area contributed by atoms with Crippen LogP contribution in [0.5, 0.6) is 0 Å². The number of hydrogen-bond donors (Lipinski definition) is 2. The third kappa shape index (κ3) is 4.50. The van der Waals surface area contributed by atoms with Gasteiger partial charge in [0.05, 0.1) is 4.90 Å². The van der Waals surface area contributed by atoms with Crippen LogP contribution >= 0.6 is 0 Å². The van der Waals surface area contributed by atoms with Crippen molar-refractivity contribution in [3.8, 4) is 0 Å². The van der Waals surface area contributed by atoms with Crippen molar-refractivity contribution in [2.24, 2.45) is 5.73 Å². The first-order valence-corrected chi connectivity index (χ1v) is 11.7. The third-order valence-corrected chi connectivity index (χ3v) is 7.55. The van der Waals surface area contributed by atoms with Crippen molar-refractivity contribution in [1.82, 2.24) is 4.31 Å². The highest BCUT2D eigenvalue weighted by Gasteiger charge is 2.28. The van der Waals surface area contributed by atoms with Gasteiger partial charge in [-0.1, -0.05) is 30.3 Å². The Bertz CT molecular complexity index is 1370. The molecule has 0 bridgehead atoms. The van der Waals surface area contributed by atoms with Crippen molar-refractivity contribution in [2.45, 2.75) is 24.8 Å². The lowest BCUT2D eigenvalue weighted by molar-refractivity contribution is 0.0995. The summed E-state index contributed by atoms with van der Waals surface area (Å²) in [6, 6.07) is 15.6. The molecule has 4 rings (SSSR count). The molecular weight excluding hydrogens is 445 g/mol. The highest BCUT2D eigenvalue weighted by molar-refractivity contribution is 7.89. The number of nitrogens with one attached hydrogen (secondary N) is 1. The lowest BCUT2D eigenvalue weighted by atomic mass is 10.0. The number of rotatable bonds is 5. The number of fused-ring (bicyclic) bond motifs is 1. The van der Waals surface area contributed by atoms with E-state index in [9.17, 15) is 22.4 Å². The molecule has 0 saturated carbocycles. The first-order chi connectivity index (χ1) is 15.7. The SMILES string of the molecule is Cc1c(F)cc(C(N)=O)cc1NC(=O)c1cccc(S(=O)(=O)N2CCc3ccccc3C2)c1. The highest BCUT2D eigenvalue weighted by atomic mass is 32.2. The van der Waals surface area contributed by atoms with Crippen LogP contribution in [0.15, 0.2) is 65.6 Å². The van der Waals surface area contributed by atoms with Crippen molar-refractivity contribution in [3.63, 3.8) is 0 Å². The predicted molar refractivity (Wildman–Crippen MR) is 122 cm³/mol. The van der Waals surface area contributed by atoms with Crippen molar-refractivity contribution in [2.75, 3.05) is 11.9 Å². The zero-order valence-corrected chi connectivity index (χ0v) is 18.7. The first kappa shape index (κ1) is 22.6. The van der Waals surface area contributed by atoms with Gasteiger partial charge >= 0.3 is 0 Å². The first-order valence-electron chi connectivity index (χ1n) is 10.2. The van der Waals surface area contributed by atoms with E-state index in [-0.39, 0.29) is 33.8 Å². The Labute approximate surface area is 191 Å². The van der Waals surface area contributed by atoms with Gasteiger partial charge in [0.2, 0.25) is 15.9 Å². The minimum absolute atomic E-state index is 0.0108. The molecule has 3 N–H and O–H groups in total. The molecule has 3 aromatic rings. The maximum atomic E-state index is 14.1. The van der Waals surface area contributed by atoms with Crippen LogP contribution in [-0.2, 0) is 23.0 Å². The Morgan fingerprint density at radius 3 is 2.45 bits per heavy atom. The largest absolute Gasteiger partial charge is 0.366 e. The second-order valence-electron chi connectivity index (χ2n) is 7.83. The topological polar surface area (TPSA) is 110 Å². The number of nitrogens with zero attached hydrogens (tertiary/aromatic N) is 1. The average molecular weight is 468 g/mol. The van der Waals surface area contributed by atoms with Gasteiger partial charge in [-0.25, -0.2) is 12.8 Å². The Morgan fingerprint density at radius 2 is 1.73 bits per heavy atom. The van der Waals surface area contributed by atoms with E-state index >= 15 is 0 Å². The molecule has 0 aliphatic carbocycles. The van der Waals surface area contributed by atoms with Gasteiger partial charge in [-0.05, 0) is 54.8 Å². The van der Waals surface area contributed by atoms with Gasteiger partial charge in [-0.2, -0.15) is 4.31 Å². The van der Waals surface area contributed by atoms with Crippen LogP contribution in [0.1, 0.15) is 37.4 Å². The quantitative estimate of drug-likeness (QED) is 0.600. The molecule has 0 spiro atoms. The predicted octanol–water partition coefficient (Wildman–Crippen LogP) is 3.23. The smallest absolute Gasteiger partial charge is 0.255 e. The highest BCUT2D eigenvalue weighted by Crippen LogP contribution is 2.26. The van der Waals surface area contributed by atoms with Crippen LogP contribution in [0, 0.1) is 12.7 Å². The molecular formula is C24H22FN3O4S. The van der Waals surface area contributed by atoms with Gasteiger partial charge in [0.15, 0.2) is 0 Å². The van der Waals surface area contributed by atoms with Gasteiger partial charge in [0.1, 0.15) is 5.82 Å². The maximum absolute atomic E-state index is 14.1. The summed E-state index contributed by atoms with van der Waals surface area (Å²) in [6.45, 7) is 2.05. The Morgan fingerprint density at radius 1 is 1.00 bits per heavy atom. The summed E-state index contributed by atoms with van der Waals surface area (Å²) in [7, 11) is -3.83. The molecule has 1 aliphatic rings. The van der Waals surface area contributed by atoms with E-state index in [1.165, 1.54) is 41.6 Å². The van der Waals surface area contributed by atoms with Crippen molar-refractivity contribution < 1.29 is 22.4 Å². The number of nitrogens with two attached hydrogens (primary N) is 1. The normalized spacial score (nSPS) is 13.9. The second kappa shape index (κ2) is 8.76. The Hall–Kier alpha value is -3.56. The van der Waals surface area contributed by atoms with E-state index < -0.39 is 27.7 Å². The molecule has 170 valence electrons. The second-order valence-corrected chi connectivity index (χ2v) is 9.77. The van der Waals surface area contributed by atoms with Crippen LogP contribution in [0.25, 0.3) is 0 Å². The summed E-state index contributed by atoms with van der Waals surface area (Å²) < 4.78 is 42.0. The van der Waals surface area contributed by atoms with Crippen LogP contribution in [0.2, 0.25) is 0 Å². The molecule has 0 radical (unpaired) electrons. The summed E-state index contributed by atoms with van der Waals surface area (Å²) in [5.41, 5.74) is 7.50. The molecule has 0 atom stereocenters. The van der Waals surface area contributed by atoms with E-state index in [1.807, 2.05) is 24.3 Å². The number of carbonyl (C=O) groups excluding carboxylic acids is 2. The lowest BCUT2D eigenvalue weighted by Gasteiger charge is -2.28. The van der Waals surface area contributed by atoms with Crippen LogP contribution < -0.4 is 11.1 Å². The van der Waals surface area contributed by atoms with Gasteiger partial charge in [0.25, 0.3) is 5.91 Å². The molecule has 0 fully saturated rings. The molecule has 1 heterocycles. The van der Waals surface area contributed by atoms with E-state index in [0.717, 1.165) is 17.2 Å². The van der Waals surface area contributed by atoms with E-state index in [1.54, 1.807) is 0 Å². The fourth-order valence-corrected chi connectivity index (χ4v) is 5.23. The Kier molecular flexibility index (Phi) is 6.01. The van der Waals surface area contributed by atoms with Gasteiger partial charge < -0.3 is 11.1 Å². The molecule has 1 aliphatic heterocycles. The number of sulfonamides is 1. The lowest BCUT2D eigenvalue weighted by Crippen LogP contribution is -2.36. The molecule has 0 saturated heterocycles. The Balaban J connectivity index is 1.59. The summed E-state index contributed by atoms with van der Waals surface area (Å²) >= 11 is 0. The fraction of sp³-hybridized carbons (Fsp3) is 0.167. The van der Waals surface area contributed by atoms with Gasteiger partial charge in [-0.15, -0.1) is 0 Å². The maximum Gasteiger partial charge on any atom is 0.255 e. The van der Waals surface area contributed by atoms with Crippen molar-refractivity contribution in [1.29, 1.82) is 0 Å². The van der Waals surface area contributed by atoms with E-state index in [2.05, 4.69) is 5.32 Å². The molecule has 33 heavy (non-hydrogen) atoms. The number of benzene rings is 3. The third-order valence-electron chi connectivity index (χ3n) is 5.71. The van der Waals surface area contributed by atoms with Crippen LogP contribution in [0.4, 0.5) is 10.1 Å². The number of amides is 2. The summed E-state index contributed by atoms with van der Waals surface area (Å²) in [5.74, 6) is -2.16.